The topological polar surface area (TPSA) is 67.6 Å². The van der Waals surface area contributed by atoms with Crippen molar-refractivity contribution in [2.75, 3.05) is 23.7 Å². The molecule has 0 spiro atoms. The van der Waals surface area contributed by atoms with Crippen LogP contribution in [0.1, 0.15) is 20.8 Å². The van der Waals surface area contributed by atoms with Crippen molar-refractivity contribution in [2.45, 2.75) is 32.4 Å². The number of carbonyl (C=O) groups excluding carboxylic acids is 1. The predicted octanol–water partition coefficient (Wildman–Crippen LogP) is 1.98. The minimum Gasteiger partial charge on any atom is -0.444 e. The highest BCUT2D eigenvalue weighted by Crippen LogP contribution is 2.22. The molecule has 1 fully saturated rings. The van der Waals surface area contributed by atoms with Gasteiger partial charge >= 0.3 is 6.09 Å². The first-order valence-electron chi connectivity index (χ1n) is 6.43. The van der Waals surface area contributed by atoms with Crippen molar-refractivity contribution in [1.82, 2.24) is 5.32 Å². The number of ether oxygens (including phenoxy) is 1. The van der Waals surface area contributed by atoms with E-state index in [1.165, 1.54) is 0 Å². The Morgan fingerprint density at radius 1 is 1.32 bits per heavy atom. The highest BCUT2D eigenvalue weighted by Gasteiger charge is 2.29. The van der Waals surface area contributed by atoms with Gasteiger partial charge in [0.25, 0.3) is 0 Å². The zero-order valence-corrected chi connectivity index (χ0v) is 11.6. The van der Waals surface area contributed by atoms with Gasteiger partial charge in [0, 0.05) is 24.5 Å². The van der Waals surface area contributed by atoms with Gasteiger partial charge in [0.2, 0.25) is 0 Å². The maximum absolute atomic E-state index is 11.6. The van der Waals surface area contributed by atoms with Gasteiger partial charge < -0.3 is 20.7 Å². The highest BCUT2D eigenvalue weighted by atomic mass is 16.6. The van der Waals surface area contributed by atoms with Crippen LogP contribution in [0.2, 0.25) is 0 Å². The average Bonchev–Trinajstić information content (AvgIpc) is 2.22. The third kappa shape index (κ3) is 3.77. The number of benzene rings is 1. The molecule has 0 unspecified atom stereocenters. The second-order valence-electron chi connectivity index (χ2n) is 5.84. The Bertz CT molecular complexity index is 445. The van der Waals surface area contributed by atoms with Gasteiger partial charge in [-0.25, -0.2) is 4.79 Å². The number of anilines is 2. The molecule has 0 aliphatic carbocycles. The minimum absolute atomic E-state index is 0.146. The summed E-state index contributed by atoms with van der Waals surface area (Å²) in [6.07, 6.45) is -0.352. The van der Waals surface area contributed by atoms with Crippen molar-refractivity contribution < 1.29 is 9.53 Å². The van der Waals surface area contributed by atoms with Gasteiger partial charge in [0.15, 0.2) is 0 Å². The number of nitrogen functional groups attached to an aromatic ring is 1. The molecule has 1 aliphatic rings. The molecule has 0 aromatic heterocycles. The van der Waals surface area contributed by atoms with E-state index in [1.54, 1.807) is 0 Å². The fraction of sp³-hybridized carbons (Fsp3) is 0.500. The molecule has 0 bridgehead atoms. The van der Waals surface area contributed by atoms with Crippen LogP contribution in [0.25, 0.3) is 0 Å². The Morgan fingerprint density at radius 2 is 1.89 bits per heavy atom. The molecule has 1 aromatic carbocycles. The summed E-state index contributed by atoms with van der Waals surface area (Å²) < 4.78 is 5.22. The first-order chi connectivity index (χ1) is 8.83. The van der Waals surface area contributed by atoms with Gasteiger partial charge in [-0.05, 0) is 45.0 Å². The van der Waals surface area contributed by atoms with E-state index < -0.39 is 5.60 Å². The number of hydrogen-bond donors (Lipinski definition) is 2. The molecular weight excluding hydrogens is 242 g/mol. The molecule has 19 heavy (non-hydrogen) atoms. The third-order valence-electron chi connectivity index (χ3n) is 2.86. The summed E-state index contributed by atoms with van der Waals surface area (Å²) in [5, 5.41) is 2.86. The molecule has 0 atom stereocenters. The van der Waals surface area contributed by atoms with Crippen LogP contribution in [0.5, 0.6) is 0 Å². The molecule has 1 aliphatic heterocycles. The van der Waals surface area contributed by atoms with Gasteiger partial charge in [-0.15, -0.1) is 0 Å². The number of carbonyl (C=O) groups is 1. The molecule has 5 heteroatoms. The van der Waals surface area contributed by atoms with Gasteiger partial charge in [-0.1, -0.05) is 0 Å². The summed E-state index contributed by atoms with van der Waals surface area (Å²) >= 11 is 0. The van der Waals surface area contributed by atoms with E-state index in [1.807, 2.05) is 45.0 Å². The normalized spacial score (nSPS) is 15.8. The van der Waals surface area contributed by atoms with Crippen molar-refractivity contribution in [3.63, 3.8) is 0 Å². The first kappa shape index (κ1) is 13.5. The Morgan fingerprint density at radius 3 is 2.42 bits per heavy atom. The Kier molecular flexibility index (Phi) is 3.55. The summed E-state index contributed by atoms with van der Waals surface area (Å²) in [5.41, 5.74) is 7.07. The Labute approximate surface area is 113 Å². The maximum atomic E-state index is 11.6. The van der Waals surface area contributed by atoms with Crippen LogP contribution in [-0.4, -0.2) is 30.8 Å². The van der Waals surface area contributed by atoms with E-state index in [2.05, 4.69) is 10.2 Å². The van der Waals surface area contributed by atoms with E-state index in [9.17, 15) is 4.79 Å². The number of alkyl carbamates (subject to hydrolysis) is 1. The van der Waals surface area contributed by atoms with Crippen LogP contribution >= 0.6 is 0 Å². The van der Waals surface area contributed by atoms with E-state index in [-0.39, 0.29) is 12.1 Å². The number of nitrogens with one attached hydrogen (secondary N) is 1. The largest absolute Gasteiger partial charge is 0.444 e. The van der Waals surface area contributed by atoms with Crippen molar-refractivity contribution in [3.8, 4) is 0 Å². The molecule has 1 heterocycles. The van der Waals surface area contributed by atoms with Crippen molar-refractivity contribution >= 4 is 17.5 Å². The average molecular weight is 263 g/mol. The van der Waals surface area contributed by atoms with Crippen LogP contribution in [0.4, 0.5) is 16.2 Å². The van der Waals surface area contributed by atoms with E-state index in [0.29, 0.717) is 0 Å². The second kappa shape index (κ2) is 4.99. The number of nitrogens with zero attached hydrogens (tertiary/aromatic N) is 1. The summed E-state index contributed by atoms with van der Waals surface area (Å²) in [6.45, 7) is 7.16. The van der Waals surface area contributed by atoms with Crippen LogP contribution in [-0.2, 0) is 4.74 Å². The molecule has 1 amide bonds. The summed E-state index contributed by atoms with van der Waals surface area (Å²) in [6, 6.07) is 7.87. The molecule has 0 saturated carbocycles. The minimum atomic E-state index is -0.454. The van der Waals surface area contributed by atoms with Crippen LogP contribution < -0.4 is 16.0 Å². The monoisotopic (exact) mass is 263 g/mol. The second-order valence-corrected chi connectivity index (χ2v) is 5.84. The number of rotatable bonds is 2. The Balaban J connectivity index is 1.77. The molecule has 104 valence electrons. The van der Waals surface area contributed by atoms with Gasteiger partial charge in [0.05, 0.1) is 6.04 Å². The zero-order chi connectivity index (χ0) is 14.0. The van der Waals surface area contributed by atoms with Gasteiger partial charge in [-0.3, -0.25) is 0 Å². The molecule has 3 N–H and O–H groups in total. The predicted molar refractivity (Wildman–Crippen MR) is 76.2 cm³/mol. The molecule has 0 radical (unpaired) electrons. The maximum Gasteiger partial charge on any atom is 0.407 e. The summed E-state index contributed by atoms with van der Waals surface area (Å²) in [5.74, 6) is 0. The molecular formula is C14H21N3O2. The fourth-order valence-corrected chi connectivity index (χ4v) is 1.94. The lowest BCUT2D eigenvalue weighted by Crippen LogP contribution is -2.60. The number of amides is 1. The summed E-state index contributed by atoms with van der Waals surface area (Å²) in [7, 11) is 0. The van der Waals surface area contributed by atoms with Crippen LogP contribution in [0.3, 0.4) is 0 Å². The van der Waals surface area contributed by atoms with Gasteiger partial charge in [-0.2, -0.15) is 0 Å². The molecule has 1 aromatic rings. The van der Waals surface area contributed by atoms with Crippen LogP contribution in [0.15, 0.2) is 24.3 Å². The van der Waals surface area contributed by atoms with E-state index in [4.69, 9.17) is 10.5 Å². The standard InChI is InChI=1S/C14H21N3O2/c1-14(2,3)19-13(18)16-11-8-17(9-11)12-6-4-10(15)5-7-12/h4-7,11H,8-9,15H2,1-3H3,(H,16,18). The van der Waals surface area contributed by atoms with Crippen molar-refractivity contribution in [3.05, 3.63) is 24.3 Å². The number of nitrogens with two attached hydrogens (primary N) is 1. The number of hydrogen-bond acceptors (Lipinski definition) is 4. The quantitative estimate of drug-likeness (QED) is 0.801. The zero-order valence-electron chi connectivity index (χ0n) is 11.6. The first-order valence-corrected chi connectivity index (χ1v) is 6.43. The molecule has 5 nitrogen and oxygen atoms in total. The molecule has 2 rings (SSSR count). The van der Waals surface area contributed by atoms with E-state index >= 15 is 0 Å². The molecule has 1 saturated heterocycles. The smallest absolute Gasteiger partial charge is 0.407 e. The van der Waals surface area contributed by atoms with Crippen molar-refractivity contribution in [1.29, 1.82) is 0 Å². The van der Waals surface area contributed by atoms with Crippen molar-refractivity contribution in [2.24, 2.45) is 0 Å². The lowest BCUT2D eigenvalue weighted by atomic mass is 10.1. The Hall–Kier alpha value is -1.91. The fourth-order valence-electron chi connectivity index (χ4n) is 1.94. The summed E-state index contributed by atoms with van der Waals surface area (Å²) in [4.78, 5) is 13.8. The SMILES string of the molecule is CC(C)(C)OC(=O)NC1CN(c2ccc(N)cc2)C1. The van der Waals surface area contributed by atoms with Crippen LogP contribution in [0, 0.1) is 0 Å². The lowest BCUT2D eigenvalue weighted by molar-refractivity contribution is 0.0496. The third-order valence-corrected chi connectivity index (χ3v) is 2.86. The highest BCUT2D eigenvalue weighted by molar-refractivity contribution is 5.69. The van der Waals surface area contributed by atoms with Gasteiger partial charge in [0.1, 0.15) is 5.60 Å². The lowest BCUT2D eigenvalue weighted by Gasteiger charge is -2.41. The van der Waals surface area contributed by atoms with E-state index in [0.717, 1.165) is 24.5 Å².